The topological polar surface area (TPSA) is 58.6 Å². The summed E-state index contributed by atoms with van der Waals surface area (Å²) < 4.78 is 4.90. The summed E-state index contributed by atoms with van der Waals surface area (Å²) in [5.74, 6) is -0.185. The summed E-state index contributed by atoms with van der Waals surface area (Å²) in [6, 6.07) is 5.88. The molecule has 2 rings (SSSR count). The van der Waals surface area contributed by atoms with Gasteiger partial charge in [0.1, 0.15) is 0 Å². The molecule has 1 N–H and O–H groups in total. The van der Waals surface area contributed by atoms with E-state index in [0.717, 1.165) is 16.8 Å². The van der Waals surface area contributed by atoms with Crippen LogP contribution in [0.4, 0.5) is 5.69 Å². The zero-order valence-electron chi connectivity index (χ0n) is 11.2. The average molecular weight is 262 g/mol. The predicted molar refractivity (Wildman–Crippen MR) is 71.7 cm³/mol. The smallest absolute Gasteiger partial charge is 0.320 e. The molecule has 0 saturated carbocycles. The van der Waals surface area contributed by atoms with Gasteiger partial charge in [0.15, 0.2) is 0 Å². The maximum Gasteiger partial charge on any atom is 0.320 e. The first-order chi connectivity index (χ1) is 9.08. The Labute approximate surface area is 112 Å². The highest BCUT2D eigenvalue weighted by atomic mass is 16.5. The Kier molecular flexibility index (Phi) is 4.16. The molecule has 19 heavy (non-hydrogen) atoms. The van der Waals surface area contributed by atoms with Crippen LogP contribution in [0.2, 0.25) is 0 Å². The first-order valence-electron chi connectivity index (χ1n) is 6.34. The molecular formula is C14H18N2O3. The summed E-state index contributed by atoms with van der Waals surface area (Å²) in [4.78, 5) is 24.5. The monoisotopic (exact) mass is 262 g/mol. The van der Waals surface area contributed by atoms with E-state index in [1.165, 1.54) is 0 Å². The Balaban J connectivity index is 1.95. The van der Waals surface area contributed by atoms with Crippen molar-refractivity contribution in [2.75, 3.05) is 25.5 Å². The molecule has 1 aliphatic rings. The number of fused-ring (bicyclic) bond motifs is 1. The molecule has 0 fully saturated rings. The molecule has 1 heterocycles. The number of ether oxygens (including phenoxy) is 1. The van der Waals surface area contributed by atoms with Crippen LogP contribution in [0.15, 0.2) is 18.2 Å². The molecule has 102 valence electrons. The van der Waals surface area contributed by atoms with Crippen molar-refractivity contribution < 1.29 is 14.3 Å². The van der Waals surface area contributed by atoms with Crippen molar-refractivity contribution in [2.45, 2.75) is 19.9 Å². The second kappa shape index (κ2) is 5.84. The lowest BCUT2D eigenvalue weighted by atomic mass is 10.1. The minimum atomic E-state index is -0.219. The van der Waals surface area contributed by atoms with E-state index in [4.69, 9.17) is 4.74 Å². The first-order valence-corrected chi connectivity index (χ1v) is 6.34. The van der Waals surface area contributed by atoms with E-state index in [2.05, 4.69) is 5.32 Å². The van der Waals surface area contributed by atoms with E-state index in [9.17, 15) is 9.59 Å². The third kappa shape index (κ3) is 3.54. The molecule has 0 atom stereocenters. The van der Waals surface area contributed by atoms with Gasteiger partial charge in [0, 0.05) is 12.2 Å². The number of esters is 1. The second-order valence-electron chi connectivity index (χ2n) is 4.69. The summed E-state index contributed by atoms with van der Waals surface area (Å²) in [5, 5.41) is 2.80. The van der Waals surface area contributed by atoms with E-state index in [1.54, 1.807) is 6.92 Å². The first kappa shape index (κ1) is 13.5. The van der Waals surface area contributed by atoms with Crippen LogP contribution in [0, 0.1) is 0 Å². The summed E-state index contributed by atoms with van der Waals surface area (Å²) in [7, 11) is 1.87. The van der Waals surface area contributed by atoms with Gasteiger partial charge in [-0.3, -0.25) is 14.5 Å². The van der Waals surface area contributed by atoms with Crippen LogP contribution in [0.1, 0.15) is 18.1 Å². The second-order valence-corrected chi connectivity index (χ2v) is 4.69. The summed E-state index contributed by atoms with van der Waals surface area (Å²) >= 11 is 0. The fourth-order valence-electron chi connectivity index (χ4n) is 2.18. The lowest BCUT2D eigenvalue weighted by molar-refractivity contribution is -0.144. The van der Waals surface area contributed by atoms with Crippen LogP contribution < -0.4 is 5.32 Å². The lowest BCUT2D eigenvalue weighted by Crippen LogP contribution is -2.27. The molecule has 0 aliphatic carbocycles. The number of carbonyl (C=O) groups is 2. The van der Waals surface area contributed by atoms with Crippen molar-refractivity contribution in [3.05, 3.63) is 29.3 Å². The van der Waals surface area contributed by atoms with Gasteiger partial charge in [-0.25, -0.2) is 0 Å². The molecular weight excluding hydrogens is 244 g/mol. The van der Waals surface area contributed by atoms with Crippen molar-refractivity contribution in [3.8, 4) is 0 Å². The highest BCUT2D eigenvalue weighted by Gasteiger charge is 2.17. The van der Waals surface area contributed by atoms with E-state index < -0.39 is 0 Å². The largest absolute Gasteiger partial charge is 0.465 e. The third-order valence-corrected chi connectivity index (χ3v) is 2.95. The Morgan fingerprint density at radius 2 is 2.26 bits per heavy atom. The molecule has 0 unspecified atom stereocenters. The molecule has 1 aromatic rings. The normalized spacial score (nSPS) is 13.3. The maximum atomic E-state index is 11.4. The van der Waals surface area contributed by atoms with Crippen molar-refractivity contribution in [1.29, 1.82) is 0 Å². The summed E-state index contributed by atoms with van der Waals surface area (Å²) in [6.07, 6.45) is 0.435. The van der Waals surface area contributed by atoms with Gasteiger partial charge in [-0.1, -0.05) is 12.1 Å². The van der Waals surface area contributed by atoms with Crippen molar-refractivity contribution >= 4 is 17.6 Å². The number of nitrogens with one attached hydrogen (secondary N) is 1. The number of anilines is 1. The molecule has 0 spiro atoms. The number of carbonyl (C=O) groups excluding carboxylic acids is 2. The Morgan fingerprint density at radius 3 is 3.00 bits per heavy atom. The number of hydrogen-bond acceptors (Lipinski definition) is 4. The highest BCUT2D eigenvalue weighted by molar-refractivity contribution is 5.99. The zero-order chi connectivity index (χ0) is 13.8. The summed E-state index contributed by atoms with van der Waals surface area (Å²) in [6.45, 7) is 3.12. The molecule has 0 bridgehead atoms. The number of rotatable bonds is 5. The van der Waals surface area contributed by atoms with Crippen molar-refractivity contribution in [2.24, 2.45) is 0 Å². The highest BCUT2D eigenvalue weighted by Crippen LogP contribution is 2.24. The minimum Gasteiger partial charge on any atom is -0.465 e. The number of amides is 1. The average Bonchev–Trinajstić information content (AvgIpc) is 2.68. The zero-order valence-corrected chi connectivity index (χ0v) is 11.2. The van der Waals surface area contributed by atoms with Gasteiger partial charge in [-0.15, -0.1) is 0 Å². The van der Waals surface area contributed by atoms with Crippen LogP contribution in [0.3, 0.4) is 0 Å². The maximum absolute atomic E-state index is 11.4. The van der Waals surface area contributed by atoms with Gasteiger partial charge in [0.25, 0.3) is 0 Å². The van der Waals surface area contributed by atoms with Crippen LogP contribution in [-0.2, 0) is 27.3 Å². The van der Waals surface area contributed by atoms with Crippen molar-refractivity contribution in [1.82, 2.24) is 4.90 Å². The van der Waals surface area contributed by atoms with E-state index in [0.29, 0.717) is 19.6 Å². The van der Waals surface area contributed by atoms with Gasteiger partial charge in [0.2, 0.25) is 5.91 Å². The Bertz CT molecular complexity index is 499. The molecule has 1 aliphatic heterocycles. The van der Waals surface area contributed by atoms with Crippen LogP contribution in [-0.4, -0.2) is 37.0 Å². The predicted octanol–water partition coefficient (Wildman–Crippen LogP) is 1.18. The minimum absolute atomic E-state index is 0.0343. The molecule has 5 heteroatoms. The van der Waals surface area contributed by atoms with Gasteiger partial charge in [-0.05, 0) is 31.2 Å². The Morgan fingerprint density at radius 1 is 1.47 bits per heavy atom. The van der Waals surface area contributed by atoms with Crippen LogP contribution >= 0.6 is 0 Å². The van der Waals surface area contributed by atoms with Gasteiger partial charge in [0.05, 0.1) is 19.6 Å². The van der Waals surface area contributed by atoms with Gasteiger partial charge < -0.3 is 10.1 Å². The van der Waals surface area contributed by atoms with Gasteiger partial charge >= 0.3 is 5.97 Å². The number of hydrogen-bond donors (Lipinski definition) is 1. The molecule has 5 nitrogen and oxygen atoms in total. The van der Waals surface area contributed by atoms with E-state index in [-0.39, 0.29) is 18.4 Å². The molecule has 0 aromatic heterocycles. The fraction of sp³-hybridized carbons (Fsp3) is 0.429. The number of benzene rings is 1. The summed E-state index contributed by atoms with van der Waals surface area (Å²) in [5.41, 5.74) is 3.00. The molecule has 0 saturated heterocycles. The van der Waals surface area contributed by atoms with Gasteiger partial charge in [-0.2, -0.15) is 0 Å². The third-order valence-electron chi connectivity index (χ3n) is 2.95. The lowest BCUT2D eigenvalue weighted by Gasteiger charge is -2.16. The molecule has 1 aromatic carbocycles. The molecule has 1 amide bonds. The van der Waals surface area contributed by atoms with Crippen LogP contribution in [0.25, 0.3) is 0 Å². The molecule has 0 radical (unpaired) electrons. The quantitative estimate of drug-likeness (QED) is 0.809. The van der Waals surface area contributed by atoms with E-state index in [1.807, 2.05) is 30.1 Å². The van der Waals surface area contributed by atoms with Crippen LogP contribution in [0.5, 0.6) is 0 Å². The SMILES string of the molecule is CCOC(=O)CN(C)Cc1ccc2c(c1)CC(=O)N2. The van der Waals surface area contributed by atoms with E-state index >= 15 is 0 Å². The standard InChI is InChI=1S/C14H18N2O3/c1-3-19-14(18)9-16(2)8-10-4-5-12-11(6-10)7-13(17)15-12/h4-6H,3,7-9H2,1-2H3,(H,15,17). The Hall–Kier alpha value is -1.88. The number of nitrogens with zero attached hydrogens (tertiary/aromatic N) is 1. The fourth-order valence-corrected chi connectivity index (χ4v) is 2.18. The van der Waals surface area contributed by atoms with Crippen molar-refractivity contribution in [3.63, 3.8) is 0 Å². The number of likely N-dealkylation sites (N-methyl/N-ethyl adjacent to an activating group) is 1.